The van der Waals surface area contributed by atoms with Gasteiger partial charge < -0.3 is 14.4 Å². The van der Waals surface area contributed by atoms with Gasteiger partial charge in [-0.2, -0.15) is 4.98 Å². The summed E-state index contributed by atoms with van der Waals surface area (Å²) in [6.07, 6.45) is 3.10. The van der Waals surface area contributed by atoms with Gasteiger partial charge in [-0.25, -0.2) is 0 Å². The van der Waals surface area contributed by atoms with Crippen LogP contribution in [-0.2, 0) is 16.0 Å². The number of ether oxygens (including phenoxy) is 1. The fourth-order valence-corrected chi connectivity index (χ4v) is 2.74. The highest BCUT2D eigenvalue weighted by Gasteiger charge is 2.41. The van der Waals surface area contributed by atoms with Gasteiger partial charge in [0.25, 0.3) is 0 Å². The van der Waals surface area contributed by atoms with Gasteiger partial charge in [0.05, 0.1) is 18.4 Å². The molecule has 3 unspecified atom stereocenters. The number of hydrogen-bond donors (Lipinski definition) is 1. The lowest BCUT2D eigenvalue weighted by Gasteiger charge is -2.09. The summed E-state index contributed by atoms with van der Waals surface area (Å²) in [5.74, 6) is 0.167. The largest absolute Gasteiger partial charge is 0.481 e. The summed E-state index contributed by atoms with van der Waals surface area (Å²) < 4.78 is 10.2. The van der Waals surface area contributed by atoms with E-state index in [4.69, 9.17) is 9.26 Å². The molecule has 1 saturated carbocycles. The van der Waals surface area contributed by atoms with Crippen molar-refractivity contribution in [1.29, 1.82) is 0 Å². The SMILES string of the molecule is CCC1CC(C(=O)O)C(c2nc(CCOC)no2)C1. The summed E-state index contributed by atoms with van der Waals surface area (Å²) in [4.78, 5) is 15.6. The molecule has 0 bridgehead atoms. The first-order valence-electron chi connectivity index (χ1n) is 6.69. The highest BCUT2D eigenvalue weighted by Crippen LogP contribution is 2.43. The van der Waals surface area contributed by atoms with Crippen molar-refractivity contribution in [3.63, 3.8) is 0 Å². The van der Waals surface area contributed by atoms with E-state index in [1.165, 1.54) is 0 Å². The van der Waals surface area contributed by atoms with Crippen molar-refractivity contribution < 1.29 is 19.2 Å². The first-order chi connectivity index (χ1) is 9.15. The maximum atomic E-state index is 11.3. The van der Waals surface area contributed by atoms with Gasteiger partial charge in [-0.15, -0.1) is 0 Å². The van der Waals surface area contributed by atoms with Crippen LogP contribution in [0.15, 0.2) is 4.52 Å². The quantitative estimate of drug-likeness (QED) is 0.847. The van der Waals surface area contributed by atoms with Gasteiger partial charge >= 0.3 is 5.97 Å². The van der Waals surface area contributed by atoms with Gasteiger partial charge in [0.2, 0.25) is 5.89 Å². The predicted molar refractivity (Wildman–Crippen MR) is 66.8 cm³/mol. The number of aliphatic carboxylic acids is 1. The van der Waals surface area contributed by atoms with Crippen LogP contribution in [0, 0.1) is 11.8 Å². The molecule has 1 heterocycles. The number of methoxy groups -OCH3 is 1. The molecule has 6 nitrogen and oxygen atoms in total. The Morgan fingerprint density at radius 1 is 1.53 bits per heavy atom. The molecular formula is C13H20N2O4. The van der Waals surface area contributed by atoms with Crippen LogP contribution in [0.4, 0.5) is 0 Å². The lowest BCUT2D eigenvalue weighted by Crippen LogP contribution is -2.17. The van der Waals surface area contributed by atoms with Crippen molar-refractivity contribution in [2.45, 2.75) is 38.5 Å². The van der Waals surface area contributed by atoms with E-state index >= 15 is 0 Å². The number of carboxylic acids is 1. The standard InChI is InChI=1S/C13H20N2O4/c1-3-8-6-9(10(7-8)13(16)17)12-14-11(15-19-12)4-5-18-2/h8-10H,3-7H2,1-2H3,(H,16,17). The van der Waals surface area contributed by atoms with Crippen molar-refractivity contribution in [2.75, 3.05) is 13.7 Å². The third-order valence-corrected chi connectivity index (χ3v) is 3.89. The van der Waals surface area contributed by atoms with E-state index in [1.807, 2.05) is 0 Å². The minimum Gasteiger partial charge on any atom is -0.481 e. The molecule has 0 radical (unpaired) electrons. The highest BCUT2D eigenvalue weighted by molar-refractivity contribution is 5.71. The summed E-state index contributed by atoms with van der Waals surface area (Å²) in [6, 6.07) is 0. The zero-order valence-corrected chi connectivity index (χ0v) is 11.3. The minimum atomic E-state index is -0.766. The van der Waals surface area contributed by atoms with Crippen LogP contribution in [0.5, 0.6) is 0 Å². The molecule has 1 aromatic rings. The molecule has 0 saturated heterocycles. The van der Waals surface area contributed by atoms with E-state index in [9.17, 15) is 9.90 Å². The molecule has 6 heteroatoms. The van der Waals surface area contributed by atoms with Crippen LogP contribution in [0.25, 0.3) is 0 Å². The van der Waals surface area contributed by atoms with E-state index in [0.29, 0.717) is 37.1 Å². The third-order valence-electron chi connectivity index (χ3n) is 3.89. The summed E-state index contributed by atoms with van der Waals surface area (Å²) in [6.45, 7) is 2.62. The van der Waals surface area contributed by atoms with Crippen molar-refractivity contribution in [1.82, 2.24) is 10.1 Å². The Morgan fingerprint density at radius 2 is 2.32 bits per heavy atom. The zero-order chi connectivity index (χ0) is 13.8. The first-order valence-corrected chi connectivity index (χ1v) is 6.69. The average Bonchev–Trinajstić information content (AvgIpc) is 3.02. The number of hydrogen-bond acceptors (Lipinski definition) is 5. The maximum absolute atomic E-state index is 11.3. The van der Waals surface area contributed by atoms with E-state index in [1.54, 1.807) is 7.11 Å². The van der Waals surface area contributed by atoms with Gasteiger partial charge in [0, 0.05) is 13.5 Å². The maximum Gasteiger partial charge on any atom is 0.307 e. The van der Waals surface area contributed by atoms with Crippen molar-refractivity contribution >= 4 is 5.97 Å². The molecule has 1 fully saturated rings. The molecule has 106 valence electrons. The molecule has 0 aliphatic heterocycles. The molecule has 1 N–H and O–H groups in total. The monoisotopic (exact) mass is 268 g/mol. The molecule has 1 aromatic heterocycles. The molecule has 0 amide bonds. The Labute approximate surface area is 112 Å². The van der Waals surface area contributed by atoms with E-state index in [0.717, 1.165) is 12.8 Å². The second-order valence-electron chi connectivity index (χ2n) is 5.09. The van der Waals surface area contributed by atoms with E-state index in [-0.39, 0.29) is 5.92 Å². The van der Waals surface area contributed by atoms with Gasteiger partial charge in [-0.1, -0.05) is 18.5 Å². The smallest absolute Gasteiger partial charge is 0.307 e. The zero-order valence-electron chi connectivity index (χ0n) is 11.3. The van der Waals surface area contributed by atoms with Crippen LogP contribution in [-0.4, -0.2) is 34.9 Å². The fraction of sp³-hybridized carbons (Fsp3) is 0.769. The Morgan fingerprint density at radius 3 is 2.95 bits per heavy atom. The highest BCUT2D eigenvalue weighted by atomic mass is 16.5. The molecule has 0 spiro atoms. The van der Waals surface area contributed by atoms with Gasteiger partial charge in [0.15, 0.2) is 5.82 Å². The van der Waals surface area contributed by atoms with Crippen LogP contribution >= 0.6 is 0 Å². The van der Waals surface area contributed by atoms with Crippen molar-refractivity contribution in [2.24, 2.45) is 11.8 Å². The molecular weight excluding hydrogens is 248 g/mol. The van der Waals surface area contributed by atoms with Crippen LogP contribution < -0.4 is 0 Å². The molecule has 1 aliphatic carbocycles. The van der Waals surface area contributed by atoms with Crippen LogP contribution in [0.2, 0.25) is 0 Å². The third kappa shape index (κ3) is 3.12. The van der Waals surface area contributed by atoms with Crippen LogP contribution in [0.1, 0.15) is 43.8 Å². The van der Waals surface area contributed by atoms with Crippen molar-refractivity contribution in [3.8, 4) is 0 Å². The average molecular weight is 268 g/mol. The second-order valence-corrected chi connectivity index (χ2v) is 5.09. The van der Waals surface area contributed by atoms with Crippen molar-refractivity contribution in [3.05, 3.63) is 11.7 Å². The number of carboxylic acid groups (broad SMARTS) is 1. The van der Waals surface area contributed by atoms with Crippen LogP contribution in [0.3, 0.4) is 0 Å². The summed E-state index contributed by atoms with van der Waals surface area (Å²) in [5, 5.41) is 13.2. The van der Waals surface area contributed by atoms with Gasteiger partial charge in [-0.05, 0) is 18.8 Å². The number of carbonyl (C=O) groups is 1. The Balaban J connectivity index is 2.10. The summed E-state index contributed by atoms with van der Waals surface area (Å²) in [7, 11) is 1.62. The molecule has 2 rings (SSSR count). The number of aromatic nitrogens is 2. The molecule has 3 atom stereocenters. The Hall–Kier alpha value is -1.43. The summed E-state index contributed by atoms with van der Waals surface area (Å²) in [5.41, 5.74) is 0. The summed E-state index contributed by atoms with van der Waals surface area (Å²) >= 11 is 0. The second kappa shape index (κ2) is 6.14. The topological polar surface area (TPSA) is 85.5 Å². The lowest BCUT2D eigenvalue weighted by molar-refractivity contribution is -0.142. The Kier molecular flexibility index (Phi) is 4.52. The predicted octanol–water partition coefficient (Wildman–Crippen LogP) is 1.86. The molecule has 1 aliphatic rings. The fourth-order valence-electron chi connectivity index (χ4n) is 2.74. The van der Waals surface area contributed by atoms with E-state index in [2.05, 4.69) is 17.1 Å². The number of nitrogens with zero attached hydrogens (tertiary/aromatic N) is 2. The molecule has 0 aromatic carbocycles. The number of rotatable bonds is 6. The molecule has 19 heavy (non-hydrogen) atoms. The first kappa shape index (κ1) is 14.0. The normalized spacial score (nSPS) is 26.7. The van der Waals surface area contributed by atoms with Gasteiger partial charge in [0.1, 0.15) is 0 Å². The van der Waals surface area contributed by atoms with Gasteiger partial charge in [-0.3, -0.25) is 4.79 Å². The van der Waals surface area contributed by atoms with E-state index < -0.39 is 11.9 Å². The lowest BCUT2D eigenvalue weighted by atomic mass is 9.96. The Bertz CT molecular complexity index is 432. The minimum absolute atomic E-state index is 0.147.